The molecule has 0 saturated carbocycles. The van der Waals surface area contributed by atoms with Crippen LogP contribution in [0.25, 0.3) is 10.8 Å². The Kier molecular flexibility index (Phi) is 13.8. The molecular formula is C39H42N6O11S3. The summed E-state index contributed by atoms with van der Waals surface area (Å²) in [5.41, 5.74) is 5.36. The number of sulfone groups is 1. The van der Waals surface area contributed by atoms with Gasteiger partial charge in [0.25, 0.3) is 20.2 Å². The van der Waals surface area contributed by atoms with Gasteiger partial charge in [-0.3, -0.25) is 28.9 Å². The Morgan fingerprint density at radius 1 is 0.780 bits per heavy atom. The lowest BCUT2D eigenvalue weighted by Crippen LogP contribution is -2.32. The van der Waals surface area contributed by atoms with E-state index in [2.05, 4.69) is 32.6 Å². The second-order valence-corrected chi connectivity index (χ2v) is 18.4. The average molecular weight is 867 g/mol. The molecule has 0 aliphatic heterocycles. The largest absolute Gasteiger partial charge is 0.375 e. The Bertz CT molecular complexity index is 3040. The number of hydrazine groups is 1. The Hall–Kier alpha value is -5.80. The fourth-order valence-electron chi connectivity index (χ4n) is 6.30. The predicted molar refractivity (Wildman–Crippen MR) is 223 cm³/mol. The number of unbranched alkanes of at least 4 members (excludes halogenated alkanes) is 4. The number of carbonyl (C=O) groups excluding carboxylic acids is 1. The summed E-state index contributed by atoms with van der Waals surface area (Å²) in [5.74, 6) is -0.348. The van der Waals surface area contributed by atoms with Crippen LogP contribution in [-0.4, -0.2) is 66.2 Å². The number of carbonyl (C=O) groups is 1. The van der Waals surface area contributed by atoms with Crippen LogP contribution in [0.3, 0.4) is 0 Å². The molecule has 0 unspecified atom stereocenters. The van der Waals surface area contributed by atoms with Crippen LogP contribution in [0.15, 0.2) is 109 Å². The number of anilines is 3. The maximum atomic E-state index is 13.6. The summed E-state index contributed by atoms with van der Waals surface area (Å²) in [6, 6.07) is 17.3. The second kappa shape index (κ2) is 18.4. The van der Waals surface area contributed by atoms with Crippen molar-refractivity contribution in [2.24, 2.45) is 4.99 Å². The van der Waals surface area contributed by atoms with E-state index >= 15 is 0 Å². The molecule has 0 spiro atoms. The van der Waals surface area contributed by atoms with E-state index < -0.39 is 77.6 Å². The quantitative estimate of drug-likeness (QED) is 0.0395. The molecule has 2 aliphatic carbocycles. The summed E-state index contributed by atoms with van der Waals surface area (Å²) in [5, 5.41) is 9.17. The first-order valence-corrected chi connectivity index (χ1v) is 22.8. The average Bonchev–Trinajstić information content (AvgIpc) is 3.18. The third-order valence-corrected chi connectivity index (χ3v) is 12.5. The highest BCUT2D eigenvalue weighted by molar-refractivity contribution is 7.94. The number of nitrogens with zero attached hydrogens (tertiary/aromatic N) is 2. The molecule has 5 rings (SSSR count). The van der Waals surface area contributed by atoms with E-state index in [1.807, 2.05) is 19.2 Å². The lowest BCUT2D eigenvalue weighted by Gasteiger charge is -2.20. The zero-order valence-corrected chi connectivity index (χ0v) is 34.2. The van der Waals surface area contributed by atoms with Crippen LogP contribution in [-0.2, 0) is 34.9 Å². The van der Waals surface area contributed by atoms with E-state index in [1.165, 1.54) is 36.4 Å². The first-order valence-electron chi connectivity index (χ1n) is 18.2. The SMILES string of the molecule is C=CS(=O)(=O)CCNC(=O)CCCCCCCN(C)c1ccc(NNc2ccc(N=c3cc(S(=O)(=O)O)c(=N)c4c(=O)c5ccccc5c(=O)c3=4)c(S(=O)(=O)O)c2)cc1. The van der Waals surface area contributed by atoms with Crippen molar-refractivity contribution in [3.63, 3.8) is 0 Å². The van der Waals surface area contributed by atoms with Crippen LogP contribution in [0.5, 0.6) is 0 Å². The molecule has 0 aromatic heterocycles. The van der Waals surface area contributed by atoms with E-state index in [-0.39, 0.29) is 34.7 Å². The van der Waals surface area contributed by atoms with E-state index in [0.29, 0.717) is 24.6 Å². The molecule has 59 heavy (non-hydrogen) atoms. The first-order chi connectivity index (χ1) is 27.8. The van der Waals surface area contributed by atoms with Gasteiger partial charge in [0.15, 0.2) is 20.7 Å². The van der Waals surface area contributed by atoms with E-state index in [9.17, 15) is 48.7 Å². The van der Waals surface area contributed by atoms with Gasteiger partial charge in [-0.2, -0.15) is 16.8 Å². The van der Waals surface area contributed by atoms with Crippen molar-refractivity contribution in [1.82, 2.24) is 5.32 Å². The summed E-state index contributed by atoms with van der Waals surface area (Å²) in [6.07, 6.45) is 4.74. The number of hydrogen-bond donors (Lipinski definition) is 6. The van der Waals surface area contributed by atoms with E-state index in [4.69, 9.17) is 5.41 Å². The van der Waals surface area contributed by atoms with Gasteiger partial charge in [-0.05, 0) is 61.4 Å². The number of rotatable bonds is 19. The van der Waals surface area contributed by atoms with Gasteiger partial charge in [0.1, 0.15) is 9.79 Å². The maximum Gasteiger partial charge on any atom is 0.296 e. The third-order valence-electron chi connectivity index (χ3n) is 9.42. The van der Waals surface area contributed by atoms with E-state index in [0.717, 1.165) is 49.4 Å². The van der Waals surface area contributed by atoms with Gasteiger partial charge in [0.2, 0.25) is 5.91 Å². The minimum Gasteiger partial charge on any atom is -0.375 e. The molecule has 312 valence electrons. The Morgan fingerprint density at radius 2 is 1.36 bits per heavy atom. The molecule has 2 aliphatic rings. The third kappa shape index (κ3) is 11.0. The molecular weight excluding hydrogens is 825 g/mol. The monoisotopic (exact) mass is 866 g/mol. The van der Waals surface area contributed by atoms with Crippen molar-refractivity contribution in [1.29, 1.82) is 5.41 Å². The highest BCUT2D eigenvalue weighted by atomic mass is 32.2. The van der Waals surface area contributed by atoms with Crippen molar-refractivity contribution < 1.29 is 39.2 Å². The fraction of sp³-hybridized carbons (Fsp3) is 0.256. The number of amides is 1. The van der Waals surface area contributed by atoms with Gasteiger partial charge in [0.05, 0.1) is 44.0 Å². The molecule has 3 aromatic carbocycles. The molecule has 20 heteroatoms. The van der Waals surface area contributed by atoms with Crippen molar-refractivity contribution in [3.05, 3.63) is 126 Å². The Balaban J connectivity index is 1.25. The smallest absolute Gasteiger partial charge is 0.296 e. The van der Waals surface area contributed by atoms with Gasteiger partial charge in [-0.15, -0.1) is 0 Å². The van der Waals surface area contributed by atoms with Gasteiger partial charge in [-0.25, -0.2) is 13.4 Å². The highest BCUT2D eigenvalue weighted by Crippen LogP contribution is 2.28. The highest BCUT2D eigenvalue weighted by Gasteiger charge is 2.21. The number of fused-ring (bicyclic) bond motifs is 1. The zero-order chi connectivity index (χ0) is 43.1. The summed E-state index contributed by atoms with van der Waals surface area (Å²) in [6.45, 7) is 4.08. The zero-order valence-electron chi connectivity index (χ0n) is 31.8. The maximum absolute atomic E-state index is 13.6. The van der Waals surface area contributed by atoms with Gasteiger partial charge in [-0.1, -0.05) is 50.1 Å². The summed E-state index contributed by atoms with van der Waals surface area (Å²) in [7, 11) is -11.5. The predicted octanol–water partition coefficient (Wildman–Crippen LogP) is 3.26. The fourth-order valence-corrected chi connectivity index (χ4v) is 8.13. The first kappa shape index (κ1) is 44.3. The molecule has 0 radical (unpaired) electrons. The van der Waals surface area contributed by atoms with Gasteiger partial charge < -0.3 is 21.1 Å². The lowest BCUT2D eigenvalue weighted by atomic mass is 10.0. The molecule has 0 heterocycles. The molecule has 17 nitrogen and oxygen atoms in total. The van der Waals surface area contributed by atoms with Crippen molar-refractivity contribution >= 4 is 69.5 Å². The molecule has 1 amide bonds. The van der Waals surface area contributed by atoms with Crippen molar-refractivity contribution in [2.45, 2.75) is 48.3 Å². The van der Waals surface area contributed by atoms with Crippen LogP contribution < -0.4 is 42.6 Å². The number of nitrogens with one attached hydrogen (secondary N) is 4. The molecule has 0 saturated heterocycles. The van der Waals surface area contributed by atoms with Crippen LogP contribution in [0.4, 0.5) is 22.7 Å². The van der Waals surface area contributed by atoms with Crippen molar-refractivity contribution in [3.8, 4) is 0 Å². The number of benzene rings is 3. The standard InChI is InChI=1S/C39H42N6O11S3/c1-3-57(49,50)22-20-41-34(46)13-7-5-4-6-10-21-45(2)27-17-14-25(15-18-27)43-44-26-16-19-30(32(23-26)58(51,52)53)42-31-24-33(59(54,55)56)37(40)36-35(31)38(47)28-11-8-9-12-29(28)39(36)48/h3,8-9,11-12,14-19,23-24,40,43-44H,1,4-7,10,13,20-22H2,2H3,(H,41,46)(H,51,52,53)(H,54,55,56). The second-order valence-electron chi connectivity index (χ2n) is 13.6. The molecule has 0 atom stereocenters. The minimum atomic E-state index is -5.13. The summed E-state index contributed by atoms with van der Waals surface area (Å²) < 4.78 is 92.5. The van der Waals surface area contributed by atoms with Crippen LogP contribution >= 0.6 is 0 Å². The van der Waals surface area contributed by atoms with Crippen LogP contribution in [0.2, 0.25) is 0 Å². The van der Waals surface area contributed by atoms with Gasteiger partial charge in [0, 0.05) is 48.4 Å². The minimum absolute atomic E-state index is 0.0515. The summed E-state index contributed by atoms with van der Waals surface area (Å²) in [4.78, 5) is 43.5. The summed E-state index contributed by atoms with van der Waals surface area (Å²) >= 11 is 0. The van der Waals surface area contributed by atoms with E-state index in [1.54, 1.807) is 12.1 Å². The Morgan fingerprint density at radius 3 is 1.98 bits per heavy atom. The molecule has 3 aromatic rings. The van der Waals surface area contributed by atoms with Crippen molar-refractivity contribution in [2.75, 3.05) is 41.6 Å². The van der Waals surface area contributed by atoms with Crippen LogP contribution in [0, 0.1) is 15.8 Å². The number of hydrogen-bond acceptors (Lipinski definition) is 14. The normalized spacial score (nSPS) is 12.4. The molecule has 0 bridgehead atoms. The lowest BCUT2D eigenvalue weighted by molar-refractivity contribution is -0.121. The molecule has 0 fully saturated rings. The van der Waals surface area contributed by atoms with Gasteiger partial charge >= 0.3 is 0 Å². The van der Waals surface area contributed by atoms with Crippen LogP contribution in [0.1, 0.15) is 38.5 Å². The molecule has 6 N–H and O–H groups in total. The topological polar surface area (TPSA) is 270 Å². The Labute approximate surface area is 339 Å².